The molecule has 0 aliphatic heterocycles. The molecule has 0 fully saturated rings. The Balaban J connectivity index is 1.99. The Morgan fingerprint density at radius 2 is 2.17 bits per heavy atom. The standard InChI is InChI=1S/C16H14N4O3/c1-23-9-10-5-6-12-11(8-10)15(21)14(20-19-12)16(22)18-13-4-2-3-7-17-13/h2-8H,9H2,1H3,(H,19,21)(H,17,18,22). The van der Waals surface area contributed by atoms with E-state index in [1.165, 1.54) is 0 Å². The number of ether oxygens (including phenoxy) is 1. The first-order valence-corrected chi connectivity index (χ1v) is 6.91. The Bertz CT molecular complexity index is 906. The molecule has 0 aliphatic rings. The molecule has 2 N–H and O–H groups in total. The van der Waals surface area contributed by atoms with Gasteiger partial charge in [0.25, 0.3) is 5.91 Å². The van der Waals surface area contributed by atoms with Crippen LogP contribution in [0.25, 0.3) is 10.9 Å². The highest BCUT2D eigenvalue weighted by molar-refractivity contribution is 6.03. The number of amides is 1. The van der Waals surface area contributed by atoms with Crippen LogP contribution in [-0.4, -0.2) is 28.2 Å². The smallest absolute Gasteiger partial charge is 0.281 e. The lowest BCUT2D eigenvalue weighted by molar-refractivity contribution is 0.102. The highest BCUT2D eigenvalue weighted by Crippen LogP contribution is 2.11. The van der Waals surface area contributed by atoms with Crippen molar-refractivity contribution in [2.24, 2.45) is 0 Å². The van der Waals surface area contributed by atoms with E-state index in [1.807, 2.05) is 6.07 Å². The van der Waals surface area contributed by atoms with Gasteiger partial charge in [-0.25, -0.2) is 4.98 Å². The van der Waals surface area contributed by atoms with Crippen LogP contribution in [0.2, 0.25) is 0 Å². The van der Waals surface area contributed by atoms with Crippen molar-refractivity contribution in [1.82, 2.24) is 15.2 Å². The summed E-state index contributed by atoms with van der Waals surface area (Å²) in [5.41, 5.74) is 0.750. The molecule has 1 aromatic carbocycles. The normalized spacial score (nSPS) is 10.7. The van der Waals surface area contributed by atoms with Crippen LogP contribution >= 0.6 is 0 Å². The number of nitrogens with one attached hydrogen (secondary N) is 2. The number of hydrogen-bond donors (Lipinski definition) is 2. The molecule has 0 aliphatic carbocycles. The van der Waals surface area contributed by atoms with E-state index < -0.39 is 11.3 Å². The molecule has 3 aromatic rings. The summed E-state index contributed by atoms with van der Waals surface area (Å²) in [6.07, 6.45) is 1.55. The number of fused-ring (bicyclic) bond motifs is 1. The molecule has 23 heavy (non-hydrogen) atoms. The Labute approximate surface area is 131 Å². The zero-order valence-corrected chi connectivity index (χ0v) is 12.4. The third kappa shape index (κ3) is 3.09. The first-order chi connectivity index (χ1) is 11.2. The molecule has 0 atom stereocenters. The molecule has 2 heterocycles. The van der Waals surface area contributed by atoms with Crippen LogP contribution in [0.5, 0.6) is 0 Å². The van der Waals surface area contributed by atoms with Crippen molar-refractivity contribution in [2.75, 3.05) is 12.4 Å². The Hall–Kier alpha value is -3.06. The number of carbonyl (C=O) groups excluding carboxylic acids is 1. The lowest BCUT2D eigenvalue weighted by atomic mass is 10.1. The summed E-state index contributed by atoms with van der Waals surface area (Å²) >= 11 is 0. The van der Waals surface area contributed by atoms with Gasteiger partial charge >= 0.3 is 0 Å². The minimum Gasteiger partial charge on any atom is -0.380 e. The molecule has 116 valence electrons. The molecule has 7 nitrogen and oxygen atoms in total. The van der Waals surface area contributed by atoms with Gasteiger partial charge in [-0.3, -0.25) is 14.7 Å². The van der Waals surface area contributed by atoms with Crippen molar-refractivity contribution >= 4 is 22.6 Å². The number of methoxy groups -OCH3 is 1. The van der Waals surface area contributed by atoms with Crippen LogP contribution in [-0.2, 0) is 11.3 Å². The second-order valence-electron chi connectivity index (χ2n) is 4.88. The second-order valence-corrected chi connectivity index (χ2v) is 4.88. The summed E-state index contributed by atoms with van der Waals surface area (Å²) in [5.74, 6) is -0.254. The second kappa shape index (κ2) is 6.37. The van der Waals surface area contributed by atoms with Crippen molar-refractivity contribution in [2.45, 2.75) is 6.61 Å². The van der Waals surface area contributed by atoms with E-state index in [0.717, 1.165) is 5.56 Å². The number of aromatic nitrogens is 3. The van der Waals surface area contributed by atoms with Gasteiger partial charge in [-0.15, -0.1) is 0 Å². The third-order valence-corrected chi connectivity index (χ3v) is 3.26. The average Bonchev–Trinajstić information content (AvgIpc) is 2.57. The van der Waals surface area contributed by atoms with Crippen molar-refractivity contribution in [3.05, 3.63) is 64.1 Å². The maximum absolute atomic E-state index is 12.5. The predicted molar refractivity (Wildman–Crippen MR) is 85.3 cm³/mol. The van der Waals surface area contributed by atoms with E-state index in [0.29, 0.717) is 23.3 Å². The van der Waals surface area contributed by atoms with Gasteiger partial charge in [0, 0.05) is 18.7 Å². The van der Waals surface area contributed by atoms with E-state index in [2.05, 4.69) is 20.5 Å². The van der Waals surface area contributed by atoms with E-state index in [1.54, 1.807) is 43.6 Å². The van der Waals surface area contributed by atoms with Gasteiger partial charge in [0.1, 0.15) is 5.82 Å². The van der Waals surface area contributed by atoms with E-state index >= 15 is 0 Å². The number of pyridine rings is 1. The fourth-order valence-corrected chi connectivity index (χ4v) is 2.19. The minimum absolute atomic E-state index is 0.210. The third-order valence-electron chi connectivity index (χ3n) is 3.26. The number of benzene rings is 1. The molecule has 0 saturated heterocycles. The zero-order chi connectivity index (χ0) is 16.2. The minimum atomic E-state index is -0.607. The molecule has 0 radical (unpaired) electrons. The van der Waals surface area contributed by atoms with Gasteiger partial charge in [0.15, 0.2) is 5.69 Å². The molecule has 3 rings (SSSR count). The number of anilines is 1. The summed E-state index contributed by atoms with van der Waals surface area (Å²) in [7, 11) is 1.58. The van der Waals surface area contributed by atoms with Crippen LogP contribution in [0, 0.1) is 0 Å². The monoisotopic (exact) mass is 310 g/mol. The number of hydrogen-bond acceptors (Lipinski definition) is 5. The maximum atomic E-state index is 12.5. The average molecular weight is 310 g/mol. The lowest BCUT2D eigenvalue weighted by Gasteiger charge is -2.05. The molecular weight excluding hydrogens is 296 g/mol. The SMILES string of the molecule is COCc1ccc2[nH]nc(C(=O)Nc3ccccn3)c(=O)c2c1. The zero-order valence-electron chi connectivity index (χ0n) is 12.4. The van der Waals surface area contributed by atoms with Crippen LogP contribution in [0.15, 0.2) is 47.4 Å². The molecule has 1 amide bonds. The number of rotatable bonds is 4. The van der Waals surface area contributed by atoms with Gasteiger partial charge in [-0.05, 0) is 29.8 Å². The summed E-state index contributed by atoms with van der Waals surface area (Å²) in [6, 6.07) is 10.3. The molecule has 0 saturated carbocycles. The van der Waals surface area contributed by atoms with E-state index in [4.69, 9.17) is 4.74 Å². The topological polar surface area (TPSA) is 97.0 Å². The van der Waals surface area contributed by atoms with Crippen molar-refractivity contribution < 1.29 is 9.53 Å². The number of carbonyl (C=O) groups is 1. The molecule has 0 unspecified atom stereocenters. The van der Waals surface area contributed by atoms with Gasteiger partial charge in [0.2, 0.25) is 5.43 Å². The fourth-order valence-electron chi connectivity index (χ4n) is 2.19. The predicted octanol–water partition coefficient (Wildman–Crippen LogP) is 1.72. The first-order valence-electron chi connectivity index (χ1n) is 6.91. The molecular formula is C16H14N4O3. The van der Waals surface area contributed by atoms with Gasteiger partial charge in [-0.2, -0.15) is 5.10 Å². The van der Waals surface area contributed by atoms with Crippen molar-refractivity contribution in [3.63, 3.8) is 0 Å². The largest absolute Gasteiger partial charge is 0.380 e. The van der Waals surface area contributed by atoms with Crippen molar-refractivity contribution in [3.8, 4) is 0 Å². The van der Waals surface area contributed by atoms with Gasteiger partial charge in [-0.1, -0.05) is 12.1 Å². The number of aromatic amines is 1. The van der Waals surface area contributed by atoms with E-state index in [-0.39, 0.29) is 5.69 Å². The van der Waals surface area contributed by atoms with E-state index in [9.17, 15) is 9.59 Å². The highest BCUT2D eigenvalue weighted by atomic mass is 16.5. The van der Waals surface area contributed by atoms with Crippen LogP contribution < -0.4 is 10.7 Å². The van der Waals surface area contributed by atoms with Crippen LogP contribution in [0.4, 0.5) is 5.82 Å². The number of nitrogens with zero attached hydrogens (tertiary/aromatic N) is 2. The Kier molecular flexibility index (Phi) is 4.11. The van der Waals surface area contributed by atoms with Crippen LogP contribution in [0.1, 0.15) is 16.1 Å². The summed E-state index contributed by atoms with van der Waals surface area (Å²) < 4.78 is 5.06. The Morgan fingerprint density at radius 3 is 2.91 bits per heavy atom. The Morgan fingerprint density at radius 1 is 1.30 bits per heavy atom. The number of H-pyrrole nitrogens is 1. The summed E-state index contributed by atoms with van der Waals surface area (Å²) in [6.45, 7) is 0.382. The highest BCUT2D eigenvalue weighted by Gasteiger charge is 2.15. The maximum Gasteiger partial charge on any atom is 0.281 e. The van der Waals surface area contributed by atoms with Crippen molar-refractivity contribution in [1.29, 1.82) is 0 Å². The molecule has 2 aromatic heterocycles. The van der Waals surface area contributed by atoms with Crippen LogP contribution in [0.3, 0.4) is 0 Å². The van der Waals surface area contributed by atoms with Gasteiger partial charge in [0.05, 0.1) is 12.1 Å². The fraction of sp³-hybridized carbons (Fsp3) is 0.125. The first kappa shape index (κ1) is 14.9. The summed E-state index contributed by atoms with van der Waals surface area (Å²) in [4.78, 5) is 28.7. The summed E-state index contributed by atoms with van der Waals surface area (Å²) in [5, 5.41) is 9.53. The lowest BCUT2D eigenvalue weighted by Crippen LogP contribution is -2.24. The quantitative estimate of drug-likeness (QED) is 0.764. The molecule has 7 heteroatoms. The molecule has 0 bridgehead atoms. The van der Waals surface area contributed by atoms with Gasteiger partial charge < -0.3 is 10.1 Å². The molecule has 0 spiro atoms.